The smallest absolute Gasteiger partial charge is 0.340 e. The third kappa shape index (κ3) is 4.26. The van der Waals surface area contributed by atoms with Gasteiger partial charge in [-0.05, 0) is 48.4 Å². The third-order valence-electron chi connectivity index (χ3n) is 3.88. The summed E-state index contributed by atoms with van der Waals surface area (Å²) in [5.41, 5.74) is 1.31. The molecule has 0 amide bonds. The summed E-state index contributed by atoms with van der Waals surface area (Å²) < 4.78 is 37.3. The summed E-state index contributed by atoms with van der Waals surface area (Å²) in [5, 5.41) is 4.99. The summed E-state index contributed by atoms with van der Waals surface area (Å²) in [6.45, 7) is 3.93. The molecule has 0 atom stereocenters. The summed E-state index contributed by atoms with van der Waals surface area (Å²) in [4.78, 5) is 0.0215. The van der Waals surface area contributed by atoms with Crippen molar-refractivity contribution >= 4 is 21.7 Å². The second-order valence-electron chi connectivity index (χ2n) is 6.17. The molecule has 8 heteroatoms. The van der Waals surface area contributed by atoms with E-state index in [9.17, 15) is 8.42 Å². The van der Waals surface area contributed by atoms with Crippen LogP contribution in [0.4, 0.5) is 0 Å². The largest absolute Gasteiger partial charge is 0.497 e. The van der Waals surface area contributed by atoms with Crippen LogP contribution in [0.15, 0.2) is 59.5 Å². The fraction of sp³-hybridized carbons (Fsp3) is 0.211. The Hall–Kier alpha value is -2.51. The molecule has 0 spiro atoms. The van der Waals surface area contributed by atoms with Crippen molar-refractivity contribution < 1.29 is 17.3 Å². The predicted molar refractivity (Wildman–Crippen MR) is 103 cm³/mol. The molecule has 2 aromatic carbocycles. The van der Waals surface area contributed by atoms with Gasteiger partial charge >= 0.3 is 10.1 Å². The maximum absolute atomic E-state index is 12.7. The molecule has 0 N–H and O–H groups in total. The molecule has 0 fully saturated rings. The van der Waals surface area contributed by atoms with E-state index in [1.165, 1.54) is 23.9 Å². The van der Waals surface area contributed by atoms with Gasteiger partial charge in [0.15, 0.2) is 0 Å². The van der Waals surface area contributed by atoms with Gasteiger partial charge in [0, 0.05) is 11.1 Å². The molecule has 3 aromatic rings. The zero-order chi connectivity index (χ0) is 19.6. The van der Waals surface area contributed by atoms with Gasteiger partial charge in [-0.2, -0.15) is 18.2 Å². The first-order valence-corrected chi connectivity index (χ1v) is 10.0. The summed E-state index contributed by atoms with van der Waals surface area (Å²) in [6.07, 6.45) is 0. The van der Waals surface area contributed by atoms with Crippen molar-refractivity contribution in [2.24, 2.45) is 0 Å². The van der Waals surface area contributed by atoms with Gasteiger partial charge in [0.25, 0.3) is 0 Å². The van der Waals surface area contributed by atoms with E-state index in [1.807, 2.05) is 13.8 Å². The maximum atomic E-state index is 12.7. The molecule has 1 aromatic heterocycles. The molecule has 1 heterocycles. The Bertz CT molecular complexity index is 1040. The van der Waals surface area contributed by atoms with Crippen molar-refractivity contribution in [3.8, 4) is 17.3 Å². The van der Waals surface area contributed by atoms with Crippen LogP contribution in [0.1, 0.15) is 25.5 Å². The Morgan fingerprint density at radius 3 is 2.37 bits per heavy atom. The molecule has 142 valence electrons. The molecular formula is C19H19ClN2O4S. The number of methoxy groups -OCH3 is 1. The van der Waals surface area contributed by atoms with Crippen molar-refractivity contribution in [3.05, 3.63) is 65.3 Å². The van der Waals surface area contributed by atoms with Crippen LogP contribution in [-0.4, -0.2) is 25.3 Å². The van der Waals surface area contributed by atoms with Crippen LogP contribution < -0.4 is 8.92 Å². The molecule has 0 radical (unpaired) electrons. The lowest BCUT2D eigenvalue weighted by Crippen LogP contribution is -2.12. The fourth-order valence-electron chi connectivity index (χ4n) is 2.42. The fourth-order valence-corrected chi connectivity index (χ4v) is 3.51. The van der Waals surface area contributed by atoms with Gasteiger partial charge in [0.05, 0.1) is 18.5 Å². The van der Waals surface area contributed by atoms with E-state index in [0.29, 0.717) is 22.2 Å². The number of ether oxygens (including phenoxy) is 1. The summed E-state index contributed by atoms with van der Waals surface area (Å²) in [5.74, 6) is 0.744. The van der Waals surface area contributed by atoms with E-state index in [1.54, 1.807) is 42.5 Å². The maximum Gasteiger partial charge on any atom is 0.340 e. The van der Waals surface area contributed by atoms with E-state index in [2.05, 4.69) is 5.10 Å². The molecule has 0 aliphatic heterocycles. The molecule has 0 saturated carbocycles. The van der Waals surface area contributed by atoms with Crippen LogP contribution in [0.2, 0.25) is 5.02 Å². The molecule has 3 rings (SSSR count). The normalized spacial score (nSPS) is 11.6. The minimum Gasteiger partial charge on any atom is -0.497 e. The van der Waals surface area contributed by atoms with Crippen molar-refractivity contribution in [1.82, 2.24) is 9.78 Å². The molecule has 0 unspecified atom stereocenters. The van der Waals surface area contributed by atoms with Gasteiger partial charge in [0.1, 0.15) is 10.6 Å². The van der Waals surface area contributed by atoms with Crippen LogP contribution in [0.3, 0.4) is 0 Å². The van der Waals surface area contributed by atoms with Crippen molar-refractivity contribution in [2.45, 2.75) is 24.7 Å². The lowest BCUT2D eigenvalue weighted by atomic mass is 10.1. The average molecular weight is 407 g/mol. The van der Waals surface area contributed by atoms with Crippen molar-refractivity contribution in [3.63, 3.8) is 0 Å². The molecule has 0 aliphatic carbocycles. The van der Waals surface area contributed by atoms with Crippen molar-refractivity contribution in [2.75, 3.05) is 7.11 Å². The Labute approximate surface area is 163 Å². The minimum absolute atomic E-state index is 0.0215. The zero-order valence-corrected chi connectivity index (χ0v) is 16.7. The van der Waals surface area contributed by atoms with E-state index in [4.69, 9.17) is 20.5 Å². The van der Waals surface area contributed by atoms with Gasteiger partial charge < -0.3 is 8.92 Å². The molecule has 0 saturated heterocycles. The Kier molecular flexibility index (Phi) is 5.43. The molecule has 6 nitrogen and oxygen atoms in total. The monoisotopic (exact) mass is 406 g/mol. The molecule has 0 aliphatic rings. The number of nitrogens with zero attached hydrogens (tertiary/aromatic N) is 2. The first-order valence-electron chi connectivity index (χ1n) is 8.24. The molecular weight excluding hydrogens is 388 g/mol. The van der Waals surface area contributed by atoms with Crippen molar-refractivity contribution in [1.29, 1.82) is 0 Å². The second kappa shape index (κ2) is 7.62. The SMILES string of the molecule is COc1ccc(S(=O)(=O)Oc2cc(C(C)C)nn2-c2cccc(Cl)c2)cc1. The van der Waals surface area contributed by atoms with Gasteiger partial charge in [-0.25, -0.2) is 0 Å². The highest BCUT2D eigenvalue weighted by molar-refractivity contribution is 7.87. The van der Waals surface area contributed by atoms with Gasteiger partial charge in [0.2, 0.25) is 5.88 Å². The van der Waals surface area contributed by atoms with Crippen LogP contribution >= 0.6 is 11.6 Å². The Balaban J connectivity index is 2.02. The average Bonchev–Trinajstić information content (AvgIpc) is 3.05. The van der Waals surface area contributed by atoms with Crippen LogP contribution in [0.5, 0.6) is 11.6 Å². The third-order valence-corrected chi connectivity index (χ3v) is 5.36. The number of halogens is 1. The summed E-state index contributed by atoms with van der Waals surface area (Å²) in [7, 11) is -2.53. The highest BCUT2D eigenvalue weighted by Crippen LogP contribution is 2.28. The number of hydrogen-bond acceptors (Lipinski definition) is 5. The van der Waals surface area contributed by atoms with Gasteiger partial charge in [-0.3, -0.25) is 0 Å². The number of rotatable bonds is 6. The van der Waals surface area contributed by atoms with Gasteiger partial charge in [-0.1, -0.05) is 31.5 Å². The standard InChI is InChI=1S/C19H19ClN2O4S/c1-13(2)18-12-19(22(21-18)15-6-4-5-14(20)11-15)26-27(23,24)17-9-7-16(25-3)8-10-17/h4-13H,1-3H3. The summed E-state index contributed by atoms with van der Waals surface area (Å²) >= 11 is 6.06. The highest BCUT2D eigenvalue weighted by atomic mass is 35.5. The van der Waals surface area contributed by atoms with E-state index < -0.39 is 10.1 Å². The second-order valence-corrected chi connectivity index (χ2v) is 8.15. The quantitative estimate of drug-likeness (QED) is 0.566. The van der Waals surface area contributed by atoms with E-state index >= 15 is 0 Å². The number of benzene rings is 2. The van der Waals surface area contributed by atoms with Crippen LogP contribution in [-0.2, 0) is 10.1 Å². The Morgan fingerprint density at radius 2 is 1.78 bits per heavy atom. The first-order chi connectivity index (χ1) is 12.8. The topological polar surface area (TPSA) is 70.4 Å². The molecule has 27 heavy (non-hydrogen) atoms. The number of aromatic nitrogens is 2. The van der Waals surface area contributed by atoms with E-state index in [0.717, 1.165) is 0 Å². The number of hydrogen-bond donors (Lipinski definition) is 0. The minimum atomic E-state index is -4.04. The first kappa shape index (κ1) is 19.3. The van der Waals surface area contributed by atoms with Gasteiger partial charge in [-0.15, -0.1) is 0 Å². The highest BCUT2D eigenvalue weighted by Gasteiger charge is 2.22. The van der Waals surface area contributed by atoms with E-state index in [-0.39, 0.29) is 16.7 Å². The van der Waals surface area contributed by atoms with Crippen LogP contribution in [0, 0.1) is 0 Å². The lowest BCUT2D eigenvalue weighted by molar-refractivity contribution is 0.414. The van der Waals surface area contributed by atoms with Crippen LogP contribution in [0.25, 0.3) is 5.69 Å². The molecule has 0 bridgehead atoms. The predicted octanol–water partition coefficient (Wildman–Crippen LogP) is 4.43. The Morgan fingerprint density at radius 1 is 1.07 bits per heavy atom. The zero-order valence-electron chi connectivity index (χ0n) is 15.1. The summed E-state index contributed by atoms with van der Waals surface area (Å²) in [6, 6.07) is 14.5. The lowest BCUT2D eigenvalue weighted by Gasteiger charge is -2.10.